The summed E-state index contributed by atoms with van der Waals surface area (Å²) in [5, 5.41) is 11.5. The molecule has 3 rings (SSSR count). The van der Waals surface area contributed by atoms with Crippen molar-refractivity contribution in [2.45, 2.75) is 38.8 Å². The third-order valence-corrected chi connectivity index (χ3v) is 4.20. The van der Waals surface area contributed by atoms with Crippen LogP contribution in [0.25, 0.3) is 10.9 Å². The highest BCUT2D eigenvalue weighted by Crippen LogP contribution is 2.38. The van der Waals surface area contributed by atoms with Crippen LogP contribution in [0, 0.1) is 0 Å². The fourth-order valence-corrected chi connectivity index (χ4v) is 3.37. The largest absolute Gasteiger partial charge is 0.387 e. The van der Waals surface area contributed by atoms with Gasteiger partial charge in [-0.15, -0.1) is 0 Å². The third-order valence-electron chi connectivity index (χ3n) is 3.71. The van der Waals surface area contributed by atoms with Gasteiger partial charge >= 0.3 is 0 Å². The first-order valence-electron chi connectivity index (χ1n) is 6.21. The summed E-state index contributed by atoms with van der Waals surface area (Å²) < 4.78 is 3.38. The van der Waals surface area contributed by atoms with Crippen molar-refractivity contribution >= 4 is 26.8 Å². The summed E-state index contributed by atoms with van der Waals surface area (Å²) in [6.07, 6.45) is 2.78. The van der Waals surface area contributed by atoms with Gasteiger partial charge < -0.3 is 9.67 Å². The zero-order valence-corrected chi connectivity index (χ0v) is 11.5. The average Bonchev–Trinajstić information content (AvgIpc) is 2.64. The highest BCUT2D eigenvalue weighted by atomic mass is 79.9. The van der Waals surface area contributed by atoms with Crippen LogP contribution in [0.1, 0.15) is 37.1 Å². The van der Waals surface area contributed by atoms with Crippen molar-refractivity contribution in [1.82, 2.24) is 4.57 Å². The molecule has 1 heterocycles. The molecule has 1 unspecified atom stereocenters. The van der Waals surface area contributed by atoms with Gasteiger partial charge in [0.2, 0.25) is 0 Å². The Balaban J connectivity index is 2.38. The summed E-state index contributed by atoms with van der Waals surface area (Å²) in [6, 6.07) is 6.40. The SMILES string of the molecule is CCn1c2c(c3cc(Br)ccc31)CCCC2O. The minimum absolute atomic E-state index is 0.287. The summed E-state index contributed by atoms with van der Waals surface area (Å²) in [5.41, 5.74) is 3.75. The topological polar surface area (TPSA) is 25.2 Å². The van der Waals surface area contributed by atoms with Crippen molar-refractivity contribution in [2.75, 3.05) is 0 Å². The number of rotatable bonds is 1. The molecule has 0 fully saturated rings. The van der Waals surface area contributed by atoms with Gasteiger partial charge in [0.15, 0.2) is 0 Å². The van der Waals surface area contributed by atoms with Gasteiger partial charge in [0.05, 0.1) is 11.8 Å². The molecule has 1 aliphatic rings. The van der Waals surface area contributed by atoms with E-state index in [4.69, 9.17) is 0 Å². The Morgan fingerprint density at radius 1 is 1.47 bits per heavy atom. The Morgan fingerprint density at radius 3 is 3.06 bits per heavy atom. The van der Waals surface area contributed by atoms with Gasteiger partial charge in [0, 0.05) is 21.9 Å². The number of aliphatic hydroxyl groups is 1. The zero-order chi connectivity index (χ0) is 12.0. The number of aryl methyl sites for hydroxylation is 2. The molecule has 0 bridgehead atoms. The summed E-state index contributed by atoms with van der Waals surface area (Å²) in [5.74, 6) is 0. The fraction of sp³-hybridized carbons (Fsp3) is 0.429. The van der Waals surface area contributed by atoms with E-state index in [9.17, 15) is 5.11 Å². The molecule has 0 amide bonds. The van der Waals surface area contributed by atoms with E-state index in [2.05, 4.69) is 45.6 Å². The molecule has 0 aliphatic heterocycles. The van der Waals surface area contributed by atoms with Gasteiger partial charge in [-0.25, -0.2) is 0 Å². The second-order valence-electron chi connectivity index (χ2n) is 4.68. The van der Waals surface area contributed by atoms with E-state index in [1.54, 1.807) is 0 Å². The van der Waals surface area contributed by atoms with Crippen molar-refractivity contribution in [3.05, 3.63) is 33.9 Å². The molecule has 1 aromatic carbocycles. The number of hydrogen-bond donors (Lipinski definition) is 1. The number of aromatic nitrogens is 1. The Bertz CT molecular complexity index is 573. The molecule has 0 radical (unpaired) electrons. The van der Waals surface area contributed by atoms with Crippen molar-refractivity contribution in [1.29, 1.82) is 0 Å². The van der Waals surface area contributed by atoms with Crippen LogP contribution >= 0.6 is 15.9 Å². The van der Waals surface area contributed by atoms with E-state index >= 15 is 0 Å². The molecule has 0 saturated carbocycles. The van der Waals surface area contributed by atoms with Gasteiger partial charge in [-0.05, 0) is 49.9 Å². The Hall–Kier alpha value is -0.800. The fourth-order valence-electron chi connectivity index (χ4n) is 3.01. The number of fused-ring (bicyclic) bond motifs is 3. The van der Waals surface area contributed by atoms with E-state index < -0.39 is 0 Å². The molecule has 3 heteroatoms. The second kappa shape index (κ2) is 4.14. The summed E-state index contributed by atoms with van der Waals surface area (Å²) in [7, 11) is 0. The first-order valence-corrected chi connectivity index (χ1v) is 7.00. The molecule has 0 saturated heterocycles. The Morgan fingerprint density at radius 2 is 2.29 bits per heavy atom. The number of nitrogens with zero attached hydrogens (tertiary/aromatic N) is 1. The smallest absolute Gasteiger partial charge is 0.0943 e. The summed E-state index contributed by atoms with van der Waals surface area (Å²) >= 11 is 3.53. The van der Waals surface area contributed by atoms with E-state index in [1.165, 1.54) is 16.5 Å². The third kappa shape index (κ3) is 1.64. The Labute approximate surface area is 109 Å². The van der Waals surface area contributed by atoms with Gasteiger partial charge in [-0.2, -0.15) is 0 Å². The van der Waals surface area contributed by atoms with Gasteiger partial charge in [-0.1, -0.05) is 15.9 Å². The zero-order valence-electron chi connectivity index (χ0n) is 9.91. The van der Waals surface area contributed by atoms with Gasteiger partial charge in [-0.3, -0.25) is 0 Å². The van der Waals surface area contributed by atoms with Crippen LogP contribution in [0.2, 0.25) is 0 Å². The standard InChI is InChI=1S/C14H16BrNO/c1-2-16-12-7-6-9(15)8-11(12)10-4-3-5-13(17)14(10)16/h6-8,13,17H,2-5H2,1H3. The number of aliphatic hydroxyl groups excluding tert-OH is 1. The highest BCUT2D eigenvalue weighted by molar-refractivity contribution is 9.10. The van der Waals surface area contributed by atoms with Crippen LogP contribution in [0.5, 0.6) is 0 Å². The van der Waals surface area contributed by atoms with Gasteiger partial charge in [0.1, 0.15) is 0 Å². The molecule has 1 N–H and O–H groups in total. The predicted molar refractivity (Wildman–Crippen MR) is 73.2 cm³/mol. The van der Waals surface area contributed by atoms with Crippen molar-refractivity contribution in [3.63, 3.8) is 0 Å². The quantitative estimate of drug-likeness (QED) is 0.850. The molecule has 1 aliphatic carbocycles. The molecular formula is C14H16BrNO. The van der Waals surface area contributed by atoms with Crippen LogP contribution in [-0.2, 0) is 13.0 Å². The van der Waals surface area contributed by atoms with Crippen LogP contribution < -0.4 is 0 Å². The minimum atomic E-state index is -0.287. The summed E-state index contributed by atoms with van der Waals surface area (Å²) in [6.45, 7) is 3.06. The van der Waals surface area contributed by atoms with Gasteiger partial charge in [0.25, 0.3) is 0 Å². The van der Waals surface area contributed by atoms with Crippen molar-refractivity contribution in [3.8, 4) is 0 Å². The van der Waals surface area contributed by atoms with Crippen molar-refractivity contribution < 1.29 is 5.11 Å². The van der Waals surface area contributed by atoms with Crippen LogP contribution in [0.3, 0.4) is 0 Å². The maximum atomic E-state index is 10.2. The molecule has 1 aromatic heterocycles. The molecule has 1 atom stereocenters. The van der Waals surface area contributed by atoms with Crippen LogP contribution in [-0.4, -0.2) is 9.67 Å². The number of hydrogen-bond acceptors (Lipinski definition) is 1. The predicted octanol–water partition coefficient (Wildman–Crippen LogP) is 3.79. The number of halogens is 1. The molecular weight excluding hydrogens is 278 g/mol. The molecule has 2 aromatic rings. The molecule has 0 spiro atoms. The Kier molecular flexibility index (Phi) is 2.75. The first-order chi connectivity index (χ1) is 8.22. The normalized spacial score (nSPS) is 19.6. The lowest BCUT2D eigenvalue weighted by Crippen LogP contribution is -2.13. The molecule has 17 heavy (non-hydrogen) atoms. The van der Waals surface area contributed by atoms with Crippen LogP contribution in [0.4, 0.5) is 0 Å². The maximum absolute atomic E-state index is 10.2. The lowest BCUT2D eigenvalue weighted by molar-refractivity contribution is 0.148. The van der Waals surface area contributed by atoms with E-state index in [-0.39, 0.29) is 6.10 Å². The van der Waals surface area contributed by atoms with E-state index in [0.29, 0.717) is 0 Å². The number of benzene rings is 1. The van der Waals surface area contributed by atoms with Crippen molar-refractivity contribution in [2.24, 2.45) is 0 Å². The van der Waals surface area contributed by atoms with E-state index in [0.717, 1.165) is 36.0 Å². The lowest BCUT2D eigenvalue weighted by Gasteiger charge is -2.20. The molecule has 2 nitrogen and oxygen atoms in total. The molecule has 90 valence electrons. The summed E-state index contributed by atoms with van der Waals surface area (Å²) in [4.78, 5) is 0. The average molecular weight is 294 g/mol. The highest BCUT2D eigenvalue weighted by Gasteiger charge is 2.25. The maximum Gasteiger partial charge on any atom is 0.0943 e. The monoisotopic (exact) mass is 293 g/mol. The van der Waals surface area contributed by atoms with Crippen LogP contribution in [0.15, 0.2) is 22.7 Å². The first kappa shape index (κ1) is 11.3. The second-order valence-corrected chi connectivity index (χ2v) is 5.59. The van der Waals surface area contributed by atoms with E-state index in [1.807, 2.05) is 0 Å². The lowest BCUT2D eigenvalue weighted by atomic mass is 9.93. The minimum Gasteiger partial charge on any atom is -0.387 e.